The number of rotatable bonds is 0. The average Bonchev–Trinajstić information content (AvgIpc) is 3.38. The third-order valence-corrected chi connectivity index (χ3v) is 5.65. The van der Waals surface area contributed by atoms with E-state index in [9.17, 15) is 9.18 Å². The SMILES string of the molecule is CN1c2ccn3ncc(c3n2)C(=O)NC(C)(C)COc2ncc(F)cc2C12CC2. The van der Waals surface area contributed by atoms with Gasteiger partial charge in [-0.1, -0.05) is 0 Å². The van der Waals surface area contributed by atoms with E-state index in [1.54, 1.807) is 10.7 Å². The van der Waals surface area contributed by atoms with E-state index >= 15 is 0 Å². The Morgan fingerprint density at radius 1 is 1.28 bits per heavy atom. The molecule has 0 unspecified atom stereocenters. The molecule has 2 bridgehead atoms. The van der Waals surface area contributed by atoms with Crippen molar-refractivity contribution in [3.63, 3.8) is 0 Å². The number of nitrogens with one attached hydrogen (secondary N) is 1. The first-order valence-electron chi connectivity index (χ1n) is 9.49. The minimum atomic E-state index is -0.688. The highest BCUT2D eigenvalue weighted by Crippen LogP contribution is 2.54. The van der Waals surface area contributed by atoms with E-state index in [1.165, 1.54) is 12.3 Å². The van der Waals surface area contributed by atoms with Crippen LogP contribution in [0.1, 0.15) is 42.6 Å². The molecule has 1 aliphatic heterocycles. The molecule has 1 aliphatic carbocycles. The van der Waals surface area contributed by atoms with E-state index in [2.05, 4.69) is 15.4 Å². The van der Waals surface area contributed by atoms with Crippen molar-refractivity contribution in [3.8, 4) is 5.88 Å². The lowest BCUT2D eigenvalue weighted by molar-refractivity contribution is 0.0879. The second kappa shape index (κ2) is 5.88. The highest BCUT2D eigenvalue weighted by molar-refractivity contribution is 6.00. The predicted molar refractivity (Wildman–Crippen MR) is 104 cm³/mol. The van der Waals surface area contributed by atoms with Crippen LogP contribution in [-0.4, -0.2) is 44.7 Å². The van der Waals surface area contributed by atoms with Crippen LogP contribution in [0.2, 0.25) is 0 Å². The summed E-state index contributed by atoms with van der Waals surface area (Å²) in [5, 5.41) is 7.21. The van der Waals surface area contributed by atoms with Crippen molar-refractivity contribution in [1.29, 1.82) is 0 Å². The van der Waals surface area contributed by atoms with Gasteiger partial charge in [-0.15, -0.1) is 0 Å². The Morgan fingerprint density at radius 3 is 2.83 bits per heavy atom. The van der Waals surface area contributed by atoms with Crippen molar-refractivity contribution >= 4 is 17.4 Å². The van der Waals surface area contributed by atoms with Crippen molar-refractivity contribution < 1.29 is 13.9 Å². The summed E-state index contributed by atoms with van der Waals surface area (Å²) >= 11 is 0. The molecule has 0 aromatic carbocycles. The number of hydrogen-bond donors (Lipinski definition) is 1. The molecule has 9 heteroatoms. The van der Waals surface area contributed by atoms with Crippen LogP contribution in [0.25, 0.3) is 5.65 Å². The molecule has 1 N–H and O–H groups in total. The predicted octanol–water partition coefficient (Wildman–Crippen LogP) is 2.29. The van der Waals surface area contributed by atoms with E-state index in [4.69, 9.17) is 9.72 Å². The lowest BCUT2D eigenvalue weighted by Gasteiger charge is -2.31. The standard InChI is InChI=1S/C20H21FN6O2/c1-19(2)11-29-18-14(8-12(21)9-22-18)20(5-6-20)26(3)15-4-7-27-16(24-15)13(10-23-27)17(28)25-19/h4,7-10H,5-6,11H2,1-3H3,(H,25,28). The third-order valence-electron chi connectivity index (χ3n) is 5.65. The lowest BCUT2D eigenvalue weighted by atomic mass is 10.0. The van der Waals surface area contributed by atoms with Crippen LogP contribution in [0.3, 0.4) is 0 Å². The van der Waals surface area contributed by atoms with E-state index in [1.807, 2.05) is 31.9 Å². The van der Waals surface area contributed by atoms with Crippen LogP contribution in [0.15, 0.2) is 30.7 Å². The number of carbonyl (C=O) groups excluding carboxylic acids is 1. The summed E-state index contributed by atoms with van der Waals surface area (Å²) in [7, 11) is 1.92. The molecule has 0 saturated heterocycles. The van der Waals surface area contributed by atoms with Crippen LogP contribution in [0.4, 0.5) is 10.2 Å². The van der Waals surface area contributed by atoms with E-state index in [0.717, 1.165) is 19.0 Å². The van der Waals surface area contributed by atoms with Crippen LogP contribution in [-0.2, 0) is 5.54 Å². The van der Waals surface area contributed by atoms with Crippen LogP contribution < -0.4 is 15.0 Å². The number of pyridine rings is 1. The summed E-state index contributed by atoms with van der Waals surface area (Å²) in [6, 6.07) is 3.32. The Bertz CT molecular complexity index is 1140. The molecule has 2 aliphatic rings. The molecular formula is C20H21FN6O2. The van der Waals surface area contributed by atoms with Crippen LogP contribution in [0, 0.1) is 5.82 Å². The van der Waals surface area contributed by atoms with Crippen molar-refractivity contribution in [1.82, 2.24) is 24.9 Å². The second-order valence-electron chi connectivity index (χ2n) is 8.34. The second-order valence-corrected chi connectivity index (χ2v) is 8.34. The lowest BCUT2D eigenvalue weighted by Crippen LogP contribution is -2.48. The summed E-state index contributed by atoms with van der Waals surface area (Å²) in [6.07, 6.45) is 6.08. The van der Waals surface area contributed by atoms with Gasteiger partial charge in [0.2, 0.25) is 5.88 Å². The van der Waals surface area contributed by atoms with Gasteiger partial charge < -0.3 is 15.0 Å². The molecule has 5 rings (SSSR count). The van der Waals surface area contributed by atoms with Gasteiger partial charge >= 0.3 is 0 Å². The zero-order valence-electron chi connectivity index (χ0n) is 16.4. The summed E-state index contributed by atoms with van der Waals surface area (Å²) in [4.78, 5) is 23.8. The number of ether oxygens (including phenoxy) is 1. The molecule has 1 saturated carbocycles. The largest absolute Gasteiger partial charge is 0.475 e. The highest BCUT2D eigenvalue weighted by atomic mass is 19.1. The smallest absolute Gasteiger partial charge is 0.257 e. The van der Waals surface area contributed by atoms with Crippen molar-refractivity contribution in [2.24, 2.45) is 0 Å². The Kier molecular flexibility index (Phi) is 3.62. The van der Waals surface area contributed by atoms with Crippen molar-refractivity contribution in [2.75, 3.05) is 18.6 Å². The molecule has 1 amide bonds. The highest BCUT2D eigenvalue weighted by Gasteiger charge is 2.51. The minimum Gasteiger partial charge on any atom is -0.475 e. The quantitative estimate of drug-likeness (QED) is 0.628. The molecule has 4 heterocycles. The van der Waals surface area contributed by atoms with Gasteiger partial charge in [0.1, 0.15) is 23.8 Å². The maximum atomic E-state index is 14.1. The molecule has 8 nitrogen and oxygen atoms in total. The van der Waals surface area contributed by atoms with Crippen molar-refractivity contribution in [2.45, 2.75) is 37.8 Å². The van der Waals surface area contributed by atoms with Gasteiger partial charge in [-0.05, 0) is 38.8 Å². The van der Waals surface area contributed by atoms with E-state index in [-0.39, 0.29) is 12.5 Å². The molecule has 29 heavy (non-hydrogen) atoms. The zero-order chi connectivity index (χ0) is 20.4. The normalized spacial score (nSPS) is 19.7. The topological polar surface area (TPSA) is 84.7 Å². The van der Waals surface area contributed by atoms with E-state index < -0.39 is 16.9 Å². The fourth-order valence-electron chi connectivity index (χ4n) is 3.86. The molecule has 1 fully saturated rings. The Balaban J connectivity index is 1.72. The van der Waals surface area contributed by atoms with Gasteiger partial charge in [-0.25, -0.2) is 18.9 Å². The summed E-state index contributed by atoms with van der Waals surface area (Å²) in [5.41, 5.74) is 0.408. The van der Waals surface area contributed by atoms with Gasteiger partial charge in [0.15, 0.2) is 5.65 Å². The van der Waals surface area contributed by atoms with Crippen LogP contribution in [0.5, 0.6) is 5.88 Å². The van der Waals surface area contributed by atoms with Gasteiger partial charge in [0.25, 0.3) is 5.91 Å². The summed E-state index contributed by atoms with van der Waals surface area (Å²) in [5.74, 6) is 0.346. The molecule has 3 aromatic rings. The van der Waals surface area contributed by atoms with Crippen molar-refractivity contribution in [3.05, 3.63) is 47.7 Å². The summed E-state index contributed by atoms with van der Waals surface area (Å²) in [6.45, 7) is 3.90. The molecule has 1 spiro atoms. The van der Waals surface area contributed by atoms with Gasteiger partial charge in [-0.2, -0.15) is 5.10 Å². The molecule has 3 aromatic heterocycles. The number of anilines is 1. The maximum Gasteiger partial charge on any atom is 0.257 e. The molecule has 150 valence electrons. The zero-order valence-corrected chi connectivity index (χ0v) is 16.4. The third kappa shape index (κ3) is 2.80. The van der Waals surface area contributed by atoms with Gasteiger partial charge in [-0.3, -0.25) is 4.79 Å². The number of hydrogen-bond acceptors (Lipinski definition) is 6. The van der Waals surface area contributed by atoms with Crippen LogP contribution >= 0.6 is 0 Å². The minimum absolute atomic E-state index is 0.180. The monoisotopic (exact) mass is 396 g/mol. The van der Waals surface area contributed by atoms with E-state index in [0.29, 0.717) is 28.5 Å². The molecule has 0 atom stereocenters. The summed E-state index contributed by atoms with van der Waals surface area (Å²) < 4.78 is 21.7. The maximum absolute atomic E-state index is 14.1. The Labute approximate surface area is 166 Å². The van der Waals surface area contributed by atoms with Gasteiger partial charge in [0.05, 0.1) is 23.5 Å². The van der Waals surface area contributed by atoms with Gasteiger partial charge in [0, 0.05) is 18.8 Å². The number of aromatic nitrogens is 4. The Morgan fingerprint density at radius 2 is 2.07 bits per heavy atom. The first-order valence-corrected chi connectivity index (χ1v) is 9.49. The molecule has 0 radical (unpaired) electrons. The first-order chi connectivity index (χ1) is 13.8. The fourth-order valence-corrected chi connectivity index (χ4v) is 3.86. The number of carbonyl (C=O) groups is 1. The molecular weight excluding hydrogens is 375 g/mol. The number of halogens is 1. The number of nitrogens with zero attached hydrogens (tertiary/aromatic N) is 5. The number of fused-ring (bicyclic) bond motifs is 3. The Hall–Kier alpha value is -3.23. The fraction of sp³-hybridized carbons (Fsp3) is 0.400. The average molecular weight is 396 g/mol. The first kappa shape index (κ1) is 17.8. The number of amides is 1.